The molecule has 26 heavy (non-hydrogen) atoms. The zero-order chi connectivity index (χ0) is 19.1. The fourth-order valence-electron chi connectivity index (χ4n) is 2.28. The van der Waals surface area contributed by atoms with Crippen LogP contribution in [0.25, 0.3) is 0 Å². The van der Waals surface area contributed by atoms with E-state index in [0.717, 1.165) is 17.0 Å². The Balaban J connectivity index is 1.85. The molecule has 0 atom stereocenters. The molecule has 2 rings (SSSR count). The summed E-state index contributed by atoms with van der Waals surface area (Å²) in [5.74, 6) is 1.77. The van der Waals surface area contributed by atoms with Gasteiger partial charge >= 0.3 is 0 Å². The summed E-state index contributed by atoms with van der Waals surface area (Å²) in [6.07, 6.45) is 0. The quantitative estimate of drug-likeness (QED) is 0.613. The van der Waals surface area contributed by atoms with E-state index in [1.165, 1.54) is 0 Å². The third-order valence-electron chi connectivity index (χ3n) is 3.89. The molecule has 140 valence electrons. The topological polar surface area (TPSA) is 82.8 Å². The number of carbonyl (C=O) groups excluding carboxylic acids is 1. The molecule has 7 heteroatoms. The molecule has 0 aliphatic carbocycles. The molecule has 7 nitrogen and oxygen atoms in total. The molecule has 2 N–H and O–H groups in total. The van der Waals surface area contributed by atoms with E-state index in [2.05, 4.69) is 34.6 Å². The van der Waals surface area contributed by atoms with E-state index in [0.29, 0.717) is 30.5 Å². The van der Waals surface area contributed by atoms with Gasteiger partial charge in [0.05, 0.1) is 12.2 Å². The summed E-state index contributed by atoms with van der Waals surface area (Å²) >= 11 is 0. The number of nitrogens with one attached hydrogen (secondary N) is 2. The fraction of sp³-hybridized carbons (Fsp3) is 0.421. The lowest BCUT2D eigenvalue weighted by molar-refractivity contribution is 0.0827. The predicted molar refractivity (Wildman–Crippen MR) is 102 cm³/mol. The Labute approximate surface area is 154 Å². The number of hydrogen-bond acceptors (Lipinski definition) is 4. The summed E-state index contributed by atoms with van der Waals surface area (Å²) in [6, 6.07) is 9.48. The van der Waals surface area contributed by atoms with Crippen molar-refractivity contribution in [1.82, 2.24) is 20.7 Å². The Morgan fingerprint density at radius 2 is 1.85 bits per heavy atom. The molecule has 0 aliphatic rings. The Kier molecular flexibility index (Phi) is 6.77. The van der Waals surface area contributed by atoms with Gasteiger partial charge in [-0.05, 0) is 23.6 Å². The number of rotatable bonds is 6. The number of guanidine groups is 1. The lowest BCUT2D eigenvalue weighted by Gasteiger charge is -2.12. The van der Waals surface area contributed by atoms with Crippen molar-refractivity contribution < 1.29 is 9.32 Å². The summed E-state index contributed by atoms with van der Waals surface area (Å²) in [5, 5.41) is 10.5. The van der Waals surface area contributed by atoms with Gasteiger partial charge in [0.25, 0.3) is 5.91 Å². The van der Waals surface area contributed by atoms with Crippen LogP contribution in [0.2, 0.25) is 0 Å². The zero-order valence-corrected chi connectivity index (χ0v) is 16.0. The second kappa shape index (κ2) is 9.03. The summed E-state index contributed by atoms with van der Waals surface area (Å²) in [5.41, 5.74) is 2.68. The molecule has 0 saturated heterocycles. The molecule has 0 saturated carbocycles. The van der Waals surface area contributed by atoms with Gasteiger partial charge in [0.1, 0.15) is 0 Å². The highest BCUT2D eigenvalue weighted by atomic mass is 16.5. The molecule has 1 amide bonds. The molecular weight excluding hydrogens is 330 g/mol. The van der Waals surface area contributed by atoms with Crippen LogP contribution in [0.4, 0.5) is 0 Å². The van der Waals surface area contributed by atoms with Gasteiger partial charge in [0.15, 0.2) is 11.7 Å². The van der Waals surface area contributed by atoms with Crippen LogP contribution >= 0.6 is 0 Å². The first-order valence-electron chi connectivity index (χ1n) is 8.61. The highest BCUT2D eigenvalue weighted by molar-refractivity contribution is 5.93. The van der Waals surface area contributed by atoms with Crippen LogP contribution in [-0.4, -0.2) is 43.1 Å². The number of carbonyl (C=O) groups is 1. The second-order valence-corrected chi connectivity index (χ2v) is 6.55. The van der Waals surface area contributed by atoms with Gasteiger partial charge in [0.2, 0.25) is 0 Å². The number of benzene rings is 1. The monoisotopic (exact) mass is 357 g/mol. The molecule has 2 aromatic rings. The van der Waals surface area contributed by atoms with Gasteiger partial charge in [-0.15, -0.1) is 0 Å². The van der Waals surface area contributed by atoms with Crippen molar-refractivity contribution in [3.63, 3.8) is 0 Å². The maximum absolute atomic E-state index is 11.9. The van der Waals surface area contributed by atoms with Gasteiger partial charge in [-0.1, -0.05) is 31.1 Å². The maximum Gasteiger partial charge on any atom is 0.253 e. The van der Waals surface area contributed by atoms with Crippen LogP contribution in [0.5, 0.6) is 0 Å². The molecule has 0 bridgehead atoms. The Bertz CT molecular complexity index is 748. The number of nitrogens with zero attached hydrogens (tertiary/aromatic N) is 3. The molecule has 0 spiro atoms. The standard InChI is InChI=1S/C19H27N5O2/c1-13(2)17-10-16(26-23-17)12-22-19(20-3)21-11-14-6-8-15(9-7-14)18(25)24(4)5/h6-10,13H,11-12H2,1-5H3,(H2,20,21,22). The maximum atomic E-state index is 11.9. The second-order valence-electron chi connectivity index (χ2n) is 6.55. The zero-order valence-electron chi connectivity index (χ0n) is 16.0. The van der Waals surface area contributed by atoms with Gasteiger partial charge < -0.3 is 20.1 Å². The minimum Gasteiger partial charge on any atom is -0.359 e. The summed E-state index contributed by atoms with van der Waals surface area (Å²) in [7, 11) is 5.20. The number of amides is 1. The van der Waals surface area contributed by atoms with Crippen LogP contribution in [0, 0.1) is 0 Å². The third-order valence-corrected chi connectivity index (χ3v) is 3.89. The van der Waals surface area contributed by atoms with Crippen molar-refractivity contribution in [2.45, 2.75) is 32.9 Å². The Morgan fingerprint density at radius 3 is 2.38 bits per heavy atom. The van der Waals surface area contributed by atoms with Crippen LogP contribution in [0.1, 0.15) is 47.1 Å². The van der Waals surface area contributed by atoms with Crippen molar-refractivity contribution in [2.75, 3.05) is 21.1 Å². The highest BCUT2D eigenvalue weighted by Gasteiger charge is 2.09. The van der Waals surface area contributed by atoms with Gasteiger partial charge in [-0.25, -0.2) is 0 Å². The number of aromatic nitrogens is 1. The molecule has 1 aromatic carbocycles. The number of hydrogen-bond donors (Lipinski definition) is 2. The summed E-state index contributed by atoms with van der Waals surface area (Å²) < 4.78 is 5.31. The molecular formula is C19H27N5O2. The van der Waals surface area contributed by atoms with Crippen molar-refractivity contribution in [1.29, 1.82) is 0 Å². The van der Waals surface area contributed by atoms with E-state index in [1.807, 2.05) is 30.3 Å². The fourth-order valence-corrected chi connectivity index (χ4v) is 2.28. The smallest absolute Gasteiger partial charge is 0.253 e. The summed E-state index contributed by atoms with van der Waals surface area (Å²) in [6.45, 7) is 5.26. The van der Waals surface area contributed by atoms with E-state index >= 15 is 0 Å². The van der Waals surface area contributed by atoms with E-state index in [4.69, 9.17) is 4.52 Å². The normalized spacial score (nSPS) is 11.5. The van der Waals surface area contributed by atoms with E-state index < -0.39 is 0 Å². The SMILES string of the molecule is CN=C(NCc1ccc(C(=O)N(C)C)cc1)NCc1cc(C(C)C)no1. The lowest BCUT2D eigenvalue weighted by Crippen LogP contribution is -2.36. The van der Waals surface area contributed by atoms with Gasteiger partial charge in [-0.3, -0.25) is 9.79 Å². The predicted octanol–water partition coefficient (Wildman–Crippen LogP) is 2.36. The highest BCUT2D eigenvalue weighted by Crippen LogP contribution is 2.13. The van der Waals surface area contributed by atoms with Crippen molar-refractivity contribution in [2.24, 2.45) is 4.99 Å². The summed E-state index contributed by atoms with van der Waals surface area (Å²) in [4.78, 5) is 17.7. The first-order chi connectivity index (χ1) is 12.4. The average molecular weight is 357 g/mol. The minimum atomic E-state index is -0.00481. The van der Waals surface area contributed by atoms with Gasteiger partial charge in [-0.2, -0.15) is 0 Å². The first-order valence-corrected chi connectivity index (χ1v) is 8.61. The molecule has 1 aromatic heterocycles. The van der Waals surface area contributed by atoms with Crippen LogP contribution < -0.4 is 10.6 Å². The van der Waals surface area contributed by atoms with E-state index in [-0.39, 0.29) is 5.91 Å². The van der Waals surface area contributed by atoms with Gasteiger partial charge in [0, 0.05) is 39.3 Å². The lowest BCUT2D eigenvalue weighted by atomic mass is 10.1. The largest absolute Gasteiger partial charge is 0.359 e. The Hall–Kier alpha value is -2.83. The van der Waals surface area contributed by atoms with E-state index in [9.17, 15) is 4.79 Å². The average Bonchev–Trinajstić information content (AvgIpc) is 3.11. The number of aliphatic imine (C=N–C) groups is 1. The first kappa shape index (κ1) is 19.5. The van der Waals surface area contributed by atoms with Crippen molar-refractivity contribution >= 4 is 11.9 Å². The molecule has 0 aliphatic heterocycles. The van der Waals surface area contributed by atoms with Crippen LogP contribution in [0.3, 0.4) is 0 Å². The molecule has 0 unspecified atom stereocenters. The van der Waals surface area contributed by atoms with Crippen LogP contribution in [0.15, 0.2) is 39.8 Å². The third kappa shape index (κ3) is 5.34. The molecule has 0 radical (unpaired) electrons. The molecule has 0 fully saturated rings. The Morgan fingerprint density at radius 1 is 1.19 bits per heavy atom. The van der Waals surface area contributed by atoms with Crippen LogP contribution in [-0.2, 0) is 13.1 Å². The molecule has 1 heterocycles. The van der Waals surface area contributed by atoms with E-state index in [1.54, 1.807) is 26.0 Å². The van der Waals surface area contributed by atoms with Crippen molar-refractivity contribution in [3.05, 3.63) is 52.9 Å². The van der Waals surface area contributed by atoms with Crippen molar-refractivity contribution in [3.8, 4) is 0 Å². The minimum absolute atomic E-state index is 0.00481.